The molecule has 0 radical (unpaired) electrons. The molecule has 14 rings (SSSR count). The fourth-order valence-electron chi connectivity index (χ4n) is 22.9. The summed E-state index contributed by atoms with van der Waals surface area (Å²) in [5, 5.41) is 51.6. The summed E-state index contributed by atoms with van der Waals surface area (Å²) in [6.07, 6.45) is 17.1. The van der Waals surface area contributed by atoms with Crippen molar-refractivity contribution in [3.63, 3.8) is 0 Å². The van der Waals surface area contributed by atoms with Gasteiger partial charge in [0.05, 0.1) is 74.9 Å². The van der Waals surface area contributed by atoms with E-state index in [0.29, 0.717) is 136 Å². The Kier molecular flexibility index (Phi) is 35.0. The number of unbranched alkanes of at least 4 members (excludes halogenated alkanes) is 2. The van der Waals surface area contributed by atoms with Gasteiger partial charge in [-0.05, 0) is 337 Å². The molecule has 132 heavy (non-hydrogen) atoms. The van der Waals surface area contributed by atoms with Crippen LogP contribution in [-0.2, 0) is 19.2 Å². The van der Waals surface area contributed by atoms with Gasteiger partial charge in [0, 0.05) is 71.0 Å². The molecule has 6 aromatic rings. The molecule has 0 spiro atoms. The van der Waals surface area contributed by atoms with Gasteiger partial charge >= 0.3 is 11.9 Å². The molecule has 10 N–H and O–H groups in total. The third-order valence-corrected chi connectivity index (χ3v) is 30.0. The number of amides is 5. The van der Waals surface area contributed by atoms with Gasteiger partial charge in [-0.2, -0.15) is 10.2 Å². The molecule has 5 amide bonds. The number of ether oxygens (including phenoxy) is 4. The summed E-state index contributed by atoms with van der Waals surface area (Å²) in [5.41, 5.74) is 9.42. The summed E-state index contributed by atoms with van der Waals surface area (Å²) in [6.45, 7) is 17.6. The number of nitrogens with zero attached hydrogens (tertiary/aromatic N) is 9. The zero-order chi connectivity index (χ0) is 95.0. The molecule has 31 heteroatoms. The van der Waals surface area contributed by atoms with Gasteiger partial charge in [-0.3, -0.25) is 39.0 Å². The molecule has 30 nitrogen and oxygen atoms in total. The van der Waals surface area contributed by atoms with Gasteiger partial charge in [-0.25, -0.2) is 19.0 Å². The minimum Gasteiger partial charge on any atom is -0.496 e. The number of carboxylic acids is 2. The number of benzene rings is 4. The SMILES string of the molecule is CNC(=S)NCCCCC(C(=O)CNC(CCCCNCN(C)CCCN(C)CCCN(C)C(=O)c1ccc(-n2nc(C(=O)NC3(C(=O)O)C4CC5CC(C4)CC3C5)cc2-c2c(OC)cccc2OC)c(C(C)C)c1)C(N)=O)C(C)CCCN(C)CCCN(C)C(=O)c1ccc(-n2nc(C(=O)NC3(C(=O)O)C4CC5CC(C4)CC3C5)cc2-c2c(OC)cccc2OC)c(C(C)C)c1. The van der Waals surface area contributed by atoms with Crippen molar-refractivity contribution >= 4 is 64.6 Å². The molecule has 8 bridgehead atoms. The van der Waals surface area contributed by atoms with Crippen molar-refractivity contribution in [2.45, 2.75) is 198 Å². The normalized spacial score (nSPS) is 21.6. The molecule has 2 aromatic heterocycles. The highest BCUT2D eigenvalue weighted by atomic mass is 32.1. The molecule has 8 saturated carbocycles. The maximum atomic E-state index is 14.7. The molecule has 720 valence electrons. The lowest BCUT2D eigenvalue weighted by Crippen LogP contribution is -2.70. The van der Waals surface area contributed by atoms with E-state index in [1.54, 1.807) is 78.9 Å². The minimum absolute atomic E-state index is 0.0456. The number of rotatable bonds is 52. The third-order valence-electron chi connectivity index (χ3n) is 29.6. The highest BCUT2D eigenvalue weighted by Crippen LogP contribution is 2.60. The summed E-state index contributed by atoms with van der Waals surface area (Å²) in [7, 11) is 18.0. The fraction of sp³-hybridized carbons (Fsp3) is 0.614. The van der Waals surface area contributed by atoms with E-state index in [1.165, 1.54) is 0 Å². The average Bonchev–Trinajstić information content (AvgIpc) is 0.822. The number of carbonyl (C=O) groups is 8. The number of nitrogens with one attached hydrogen (secondary N) is 6. The van der Waals surface area contributed by atoms with Gasteiger partial charge in [-0.15, -0.1) is 0 Å². The summed E-state index contributed by atoms with van der Waals surface area (Å²) in [5.74, 6) is -0.785. The molecule has 8 fully saturated rings. The van der Waals surface area contributed by atoms with Crippen LogP contribution in [0, 0.1) is 59.2 Å². The van der Waals surface area contributed by atoms with Crippen LogP contribution in [0.3, 0.4) is 0 Å². The number of hydrogen-bond donors (Lipinski definition) is 9. The molecule has 0 saturated heterocycles. The van der Waals surface area contributed by atoms with E-state index in [2.05, 4.69) is 74.7 Å². The zero-order valence-corrected chi connectivity index (χ0v) is 81.3. The number of aliphatic carboxylic acids is 2. The maximum absolute atomic E-state index is 14.7. The number of primary amides is 1. The van der Waals surface area contributed by atoms with Gasteiger partial charge in [0.2, 0.25) is 5.91 Å². The Morgan fingerprint density at radius 3 is 1.29 bits per heavy atom. The number of ketones is 1. The highest BCUT2D eigenvalue weighted by Gasteiger charge is 2.64. The van der Waals surface area contributed by atoms with Crippen molar-refractivity contribution in [1.29, 1.82) is 0 Å². The monoisotopic (exact) mass is 1840 g/mol. The van der Waals surface area contributed by atoms with Crippen LogP contribution in [0.4, 0.5) is 0 Å². The minimum atomic E-state index is -1.38. The van der Waals surface area contributed by atoms with Crippen LogP contribution in [0.15, 0.2) is 84.9 Å². The van der Waals surface area contributed by atoms with Gasteiger partial charge in [0.15, 0.2) is 16.5 Å². The Labute approximate surface area is 785 Å². The lowest BCUT2D eigenvalue weighted by atomic mass is 9.48. The fourth-order valence-corrected chi connectivity index (χ4v) is 23.0. The van der Waals surface area contributed by atoms with Crippen LogP contribution in [0.5, 0.6) is 23.0 Å². The molecule has 3 atom stereocenters. The number of carbonyl (C=O) groups excluding carboxylic acids is 6. The first kappa shape index (κ1) is 101. The lowest BCUT2D eigenvalue weighted by Gasteiger charge is -2.59. The molecule has 4 aromatic carbocycles. The molecular formula is C101H146N16O14S. The van der Waals surface area contributed by atoms with E-state index in [-0.39, 0.29) is 82.9 Å². The smallest absolute Gasteiger partial charge is 0.330 e. The standard InChI is InChI=1S/C101H146N16O14S/c1-62(2)76-56-69(33-35-81(76)116-83(90-86(128-12)29-20-30-87(90)129-13)58-79(109-116)93(120)107-100(97(124)125)71-48-65-46-66(50-71)51-72(100)49-65)95(122)114(10)44-24-41-111(7)39-22-26-64(5)75(27-16-19-38-105-99(132)103-6)85(118)60-106-78(92(102)119)28-17-18-37-104-61-113(9)43-23-40-112(8)42-25-45-115(11)96(123)70-34-36-82(77(57-70)63(3)4)117-84(91-88(130-14)31-21-32-89(91)131-15)59-80(110-117)94(121)108-101(98(126)127)73-52-67-47-68(54-73)55-74(101)53-67/h20-21,29-36,56-59,62-68,71-75,78,104,106H,16-19,22-28,37-55,60-61H2,1-15H3,(H2,102,119)(H,107,120)(H,108,121)(H,124,125)(H,126,127)(H2,103,105,132). The van der Waals surface area contributed by atoms with E-state index >= 15 is 0 Å². The van der Waals surface area contributed by atoms with Gasteiger partial charge < -0.3 is 81.1 Å². The van der Waals surface area contributed by atoms with Gasteiger partial charge in [0.1, 0.15) is 39.9 Å². The number of nitrogens with two attached hydrogens (primary N) is 1. The third kappa shape index (κ3) is 23.3. The van der Waals surface area contributed by atoms with Gasteiger partial charge in [0.25, 0.3) is 23.6 Å². The Bertz CT molecular complexity index is 4930. The largest absolute Gasteiger partial charge is 0.496 e. The molecule has 8 aliphatic rings. The number of Topliss-reactive ketones (excluding diaryl/α,β-unsaturated/α-hetero) is 1. The van der Waals surface area contributed by atoms with Gasteiger partial charge in [-0.1, -0.05) is 59.6 Å². The predicted molar refractivity (Wildman–Crippen MR) is 516 cm³/mol. The van der Waals surface area contributed by atoms with Crippen molar-refractivity contribution in [2.75, 3.05) is 143 Å². The first-order valence-electron chi connectivity index (χ1n) is 48.1. The molecule has 0 aliphatic heterocycles. The van der Waals surface area contributed by atoms with E-state index in [1.807, 2.05) is 102 Å². The van der Waals surface area contributed by atoms with Crippen LogP contribution in [0.25, 0.3) is 33.9 Å². The van der Waals surface area contributed by atoms with Crippen molar-refractivity contribution in [3.05, 3.63) is 119 Å². The molecular weight excluding hydrogens is 1690 g/mol. The molecule has 8 aliphatic carbocycles. The lowest BCUT2D eigenvalue weighted by molar-refractivity contribution is -0.164. The number of hydrogen-bond acceptors (Lipinski definition) is 20. The average molecular weight is 1840 g/mol. The van der Waals surface area contributed by atoms with E-state index in [9.17, 15) is 48.6 Å². The van der Waals surface area contributed by atoms with E-state index in [4.69, 9.17) is 47.1 Å². The van der Waals surface area contributed by atoms with Crippen LogP contribution in [0.1, 0.15) is 234 Å². The first-order valence-corrected chi connectivity index (χ1v) is 48.5. The Morgan fingerprint density at radius 2 is 0.894 bits per heavy atom. The second-order valence-corrected chi connectivity index (χ2v) is 39.7. The summed E-state index contributed by atoms with van der Waals surface area (Å²) in [6, 6.07) is 24.7. The van der Waals surface area contributed by atoms with Crippen molar-refractivity contribution in [1.82, 2.24) is 76.0 Å². The molecule has 2 heterocycles. The summed E-state index contributed by atoms with van der Waals surface area (Å²) in [4.78, 5) is 122. The van der Waals surface area contributed by atoms with Crippen LogP contribution >= 0.6 is 12.2 Å². The van der Waals surface area contributed by atoms with Crippen molar-refractivity contribution in [3.8, 4) is 56.9 Å². The quantitative estimate of drug-likeness (QED) is 0.00973. The number of carboxylic acid groups (broad SMARTS) is 2. The topological polar surface area (TPSA) is 364 Å². The first-order chi connectivity index (χ1) is 63.2. The predicted octanol–water partition coefficient (Wildman–Crippen LogP) is 12.5. The Hall–Kier alpha value is -10.1. The zero-order valence-electron chi connectivity index (χ0n) is 80.5. The van der Waals surface area contributed by atoms with E-state index in [0.717, 1.165) is 172 Å². The van der Waals surface area contributed by atoms with Crippen LogP contribution < -0.4 is 56.6 Å². The van der Waals surface area contributed by atoms with Crippen LogP contribution in [0.2, 0.25) is 0 Å². The highest BCUT2D eigenvalue weighted by molar-refractivity contribution is 7.80. The summed E-state index contributed by atoms with van der Waals surface area (Å²) >= 11 is 5.32. The summed E-state index contributed by atoms with van der Waals surface area (Å²) < 4.78 is 26.9. The van der Waals surface area contributed by atoms with E-state index < -0.39 is 46.8 Å². The number of aromatic nitrogens is 4. The Morgan fingerprint density at radius 1 is 0.500 bits per heavy atom. The Balaban J connectivity index is 0.563. The van der Waals surface area contributed by atoms with Crippen molar-refractivity contribution < 1.29 is 67.5 Å². The molecule has 3 unspecified atom stereocenters. The number of methoxy groups -OCH3 is 4. The van der Waals surface area contributed by atoms with Crippen molar-refractivity contribution in [2.24, 2.45) is 64.9 Å². The maximum Gasteiger partial charge on any atom is 0.330 e. The van der Waals surface area contributed by atoms with Crippen LogP contribution in [-0.4, -0.2) is 267 Å². The second kappa shape index (κ2) is 45.8. The number of thiocarbonyl (C=S) groups is 1. The second-order valence-electron chi connectivity index (χ2n) is 39.3.